The van der Waals surface area contributed by atoms with E-state index in [2.05, 4.69) is 17.0 Å². The summed E-state index contributed by atoms with van der Waals surface area (Å²) in [6.45, 7) is 3.03. The van der Waals surface area contributed by atoms with E-state index in [0.717, 1.165) is 31.3 Å². The van der Waals surface area contributed by atoms with Crippen LogP contribution in [0.1, 0.15) is 44.9 Å². The van der Waals surface area contributed by atoms with Crippen molar-refractivity contribution in [1.82, 2.24) is 14.8 Å². The Morgan fingerprint density at radius 1 is 1.05 bits per heavy atom. The predicted octanol–water partition coefficient (Wildman–Crippen LogP) is 2.67. The first-order valence-corrected chi connectivity index (χ1v) is 9.66. The Morgan fingerprint density at radius 3 is 2.38 bits per heavy atom. The first-order valence-electron chi connectivity index (χ1n) is 7.73. The third-order valence-corrected chi connectivity index (χ3v) is 6.47. The molecule has 0 N–H and O–H groups in total. The van der Waals surface area contributed by atoms with Crippen molar-refractivity contribution in [2.24, 2.45) is 0 Å². The van der Waals surface area contributed by atoms with Gasteiger partial charge in [0.15, 0.2) is 5.82 Å². The van der Waals surface area contributed by atoms with Crippen LogP contribution in [0.4, 0.5) is 0 Å². The maximum Gasteiger partial charge on any atom is 0.500 e. The molecule has 0 aromatic carbocycles. The highest BCUT2D eigenvalue weighted by molar-refractivity contribution is 6.60. The van der Waals surface area contributed by atoms with Crippen molar-refractivity contribution in [2.75, 3.05) is 21.3 Å². The molecule has 1 aromatic heterocycles. The summed E-state index contributed by atoms with van der Waals surface area (Å²) >= 11 is 0. The Balaban J connectivity index is 2.31. The molecule has 0 amide bonds. The SMILES string of the molecule is CCCCCCc1ncn(CCC[Si](OC)(OC)OC)n1. The van der Waals surface area contributed by atoms with Crippen molar-refractivity contribution in [3.05, 3.63) is 12.2 Å². The van der Waals surface area contributed by atoms with Crippen molar-refractivity contribution in [2.45, 2.75) is 58.0 Å². The van der Waals surface area contributed by atoms with E-state index in [-0.39, 0.29) is 0 Å². The Hall–Kier alpha value is -0.763. The number of aryl methyl sites for hydroxylation is 2. The van der Waals surface area contributed by atoms with Crippen LogP contribution in [-0.4, -0.2) is 44.9 Å². The number of nitrogens with zero attached hydrogens (tertiary/aromatic N) is 3. The summed E-state index contributed by atoms with van der Waals surface area (Å²) in [4.78, 5) is 4.36. The normalized spacial score (nSPS) is 12.0. The van der Waals surface area contributed by atoms with Crippen LogP contribution in [0.5, 0.6) is 0 Å². The van der Waals surface area contributed by atoms with Gasteiger partial charge in [-0.05, 0) is 12.8 Å². The standard InChI is InChI=1S/C14H29N3O3Si/c1-5-6-7-8-10-14-15-13-17(16-14)11-9-12-21(18-2,19-3)20-4/h13H,5-12H2,1-4H3. The lowest BCUT2D eigenvalue weighted by atomic mass is 10.1. The molecule has 6 nitrogen and oxygen atoms in total. The zero-order valence-electron chi connectivity index (χ0n) is 13.8. The summed E-state index contributed by atoms with van der Waals surface area (Å²) in [5, 5.41) is 4.50. The Labute approximate surface area is 129 Å². The molecule has 0 radical (unpaired) electrons. The third kappa shape index (κ3) is 6.25. The molecule has 0 aliphatic heterocycles. The molecule has 0 atom stereocenters. The summed E-state index contributed by atoms with van der Waals surface area (Å²) in [5.41, 5.74) is 0. The van der Waals surface area contributed by atoms with E-state index >= 15 is 0 Å². The van der Waals surface area contributed by atoms with Crippen LogP contribution in [0.2, 0.25) is 6.04 Å². The summed E-state index contributed by atoms with van der Waals surface area (Å²) in [6.07, 6.45) is 8.66. The molecule has 0 saturated carbocycles. The molecule has 0 aliphatic carbocycles. The molecule has 7 heteroatoms. The molecule has 1 aromatic rings. The second-order valence-electron chi connectivity index (χ2n) is 5.13. The van der Waals surface area contributed by atoms with Crippen LogP contribution in [0.25, 0.3) is 0 Å². The lowest BCUT2D eigenvalue weighted by Crippen LogP contribution is -2.42. The average Bonchev–Trinajstić information content (AvgIpc) is 2.96. The predicted molar refractivity (Wildman–Crippen MR) is 84.1 cm³/mol. The first-order chi connectivity index (χ1) is 10.2. The molecule has 122 valence electrons. The van der Waals surface area contributed by atoms with E-state index in [1.165, 1.54) is 25.7 Å². The quantitative estimate of drug-likeness (QED) is 0.438. The van der Waals surface area contributed by atoms with Gasteiger partial charge in [-0.2, -0.15) is 5.10 Å². The second kappa shape index (κ2) is 10.0. The molecule has 0 aliphatic rings. The Morgan fingerprint density at radius 2 is 1.76 bits per heavy atom. The van der Waals surface area contributed by atoms with Gasteiger partial charge in [0.25, 0.3) is 0 Å². The number of hydrogen-bond acceptors (Lipinski definition) is 5. The van der Waals surface area contributed by atoms with Gasteiger partial charge in [-0.1, -0.05) is 26.2 Å². The van der Waals surface area contributed by atoms with Crippen LogP contribution in [0.15, 0.2) is 6.33 Å². The van der Waals surface area contributed by atoms with Crippen molar-refractivity contribution in [3.8, 4) is 0 Å². The summed E-state index contributed by atoms with van der Waals surface area (Å²) in [5.74, 6) is 0.944. The van der Waals surface area contributed by atoms with Gasteiger partial charge in [-0.15, -0.1) is 0 Å². The largest absolute Gasteiger partial charge is 0.500 e. The molecule has 0 fully saturated rings. The van der Waals surface area contributed by atoms with Crippen molar-refractivity contribution < 1.29 is 13.3 Å². The lowest BCUT2D eigenvalue weighted by Gasteiger charge is -2.24. The van der Waals surface area contributed by atoms with Crippen LogP contribution in [-0.2, 0) is 26.2 Å². The van der Waals surface area contributed by atoms with E-state index in [4.69, 9.17) is 13.3 Å². The van der Waals surface area contributed by atoms with Gasteiger partial charge in [0.05, 0.1) is 0 Å². The molecular weight excluding hydrogens is 286 g/mol. The van der Waals surface area contributed by atoms with Gasteiger partial charge in [0, 0.05) is 40.3 Å². The molecule has 0 spiro atoms. The fourth-order valence-electron chi connectivity index (χ4n) is 2.28. The van der Waals surface area contributed by atoms with Crippen molar-refractivity contribution >= 4 is 8.80 Å². The minimum absolute atomic E-state index is 0.780. The van der Waals surface area contributed by atoms with Gasteiger partial charge >= 0.3 is 8.80 Å². The first kappa shape index (κ1) is 18.3. The van der Waals surface area contributed by atoms with E-state index in [9.17, 15) is 0 Å². The average molecular weight is 315 g/mol. The summed E-state index contributed by atoms with van der Waals surface area (Å²) in [7, 11) is 2.47. The van der Waals surface area contributed by atoms with Crippen LogP contribution >= 0.6 is 0 Å². The Bertz CT molecular complexity index is 375. The highest BCUT2D eigenvalue weighted by Crippen LogP contribution is 2.15. The van der Waals surface area contributed by atoms with E-state index in [0.29, 0.717) is 0 Å². The molecular formula is C14H29N3O3Si. The minimum atomic E-state index is -2.46. The molecule has 1 rings (SSSR count). The lowest BCUT2D eigenvalue weighted by molar-refractivity contribution is 0.122. The molecule has 0 unspecified atom stereocenters. The smallest absolute Gasteiger partial charge is 0.377 e. The van der Waals surface area contributed by atoms with Crippen molar-refractivity contribution in [3.63, 3.8) is 0 Å². The fourth-order valence-corrected chi connectivity index (χ4v) is 3.98. The molecule has 0 bridgehead atoms. The fraction of sp³-hybridized carbons (Fsp3) is 0.857. The topological polar surface area (TPSA) is 58.4 Å². The van der Waals surface area contributed by atoms with E-state index in [1.54, 1.807) is 21.3 Å². The van der Waals surface area contributed by atoms with Gasteiger partial charge in [-0.25, -0.2) is 4.98 Å². The summed E-state index contributed by atoms with van der Waals surface area (Å²) < 4.78 is 18.1. The number of unbranched alkanes of at least 4 members (excludes halogenated alkanes) is 3. The summed E-state index contributed by atoms with van der Waals surface area (Å²) in [6, 6.07) is 0.780. The molecule has 1 heterocycles. The minimum Gasteiger partial charge on any atom is -0.377 e. The zero-order valence-corrected chi connectivity index (χ0v) is 14.8. The number of rotatable bonds is 12. The van der Waals surface area contributed by atoms with Gasteiger partial charge < -0.3 is 13.3 Å². The monoisotopic (exact) mass is 315 g/mol. The maximum absolute atomic E-state index is 5.40. The highest BCUT2D eigenvalue weighted by atomic mass is 28.4. The van der Waals surface area contributed by atoms with Crippen LogP contribution < -0.4 is 0 Å². The molecule has 21 heavy (non-hydrogen) atoms. The van der Waals surface area contributed by atoms with Gasteiger partial charge in [0.2, 0.25) is 0 Å². The third-order valence-electron chi connectivity index (χ3n) is 3.64. The second-order valence-corrected chi connectivity index (χ2v) is 8.22. The van der Waals surface area contributed by atoms with E-state index < -0.39 is 8.80 Å². The molecule has 0 saturated heterocycles. The Kier molecular flexibility index (Phi) is 8.75. The van der Waals surface area contributed by atoms with Gasteiger partial charge in [0.1, 0.15) is 6.33 Å². The van der Waals surface area contributed by atoms with E-state index in [1.807, 2.05) is 11.0 Å². The maximum atomic E-state index is 5.40. The highest BCUT2D eigenvalue weighted by Gasteiger charge is 2.36. The number of aromatic nitrogens is 3. The number of hydrogen-bond donors (Lipinski definition) is 0. The van der Waals surface area contributed by atoms with Crippen LogP contribution in [0, 0.1) is 0 Å². The van der Waals surface area contributed by atoms with Crippen molar-refractivity contribution in [1.29, 1.82) is 0 Å². The zero-order chi connectivity index (χ0) is 15.6. The van der Waals surface area contributed by atoms with Crippen LogP contribution in [0.3, 0.4) is 0 Å². The van der Waals surface area contributed by atoms with Gasteiger partial charge in [-0.3, -0.25) is 4.68 Å².